The van der Waals surface area contributed by atoms with Crippen LogP contribution in [0, 0.1) is 0 Å². The molecule has 0 unspecified atom stereocenters. The number of anilines is 1. The number of phenols is 2. The molecule has 0 spiro atoms. The molecule has 2 rings (SSSR count). The predicted molar refractivity (Wildman–Crippen MR) is 74.6 cm³/mol. The summed E-state index contributed by atoms with van der Waals surface area (Å²) in [6.07, 6.45) is 0. The summed E-state index contributed by atoms with van der Waals surface area (Å²) < 4.78 is 0. The van der Waals surface area contributed by atoms with Crippen LogP contribution in [0.2, 0.25) is 0 Å². The van der Waals surface area contributed by atoms with Gasteiger partial charge in [-0.3, -0.25) is 4.79 Å². The Morgan fingerprint density at radius 3 is 2.53 bits per heavy atom. The molecule has 0 bridgehead atoms. The minimum Gasteiger partial charge on any atom is -0.508 e. The van der Waals surface area contributed by atoms with Crippen molar-refractivity contribution in [3.05, 3.63) is 42.5 Å². The summed E-state index contributed by atoms with van der Waals surface area (Å²) >= 11 is 5.45. The maximum absolute atomic E-state index is 11.4. The number of carbonyl (C=O) groups excluding carboxylic acids is 1. The largest absolute Gasteiger partial charge is 0.508 e. The van der Waals surface area contributed by atoms with E-state index in [2.05, 4.69) is 5.32 Å². The normalized spacial score (nSPS) is 10.2. The van der Waals surface area contributed by atoms with Gasteiger partial charge in [-0.2, -0.15) is 0 Å². The summed E-state index contributed by atoms with van der Waals surface area (Å²) in [5.41, 5.74) is 1.56. The molecule has 0 radical (unpaired) electrons. The minimum absolute atomic E-state index is 0.0176. The maximum atomic E-state index is 11.4. The van der Waals surface area contributed by atoms with Crippen molar-refractivity contribution in [2.45, 2.75) is 0 Å². The van der Waals surface area contributed by atoms with E-state index in [0.717, 1.165) is 0 Å². The number of hydrogen-bond donors (Lipinski definition) is 3. The minimum atomic E-state index is -0.385. The van der Waals surface area contributed by atoms with E-state index in [9.17, 15) is 15.0 Å². The summed E-state index contributed by atoms with van der Waals surface area (Å²) in [6.45, 7) is 0. The standard InChI is InChI=1S/C14H12ClNO3/c15-8-14(19)16-12-7-9(17)5-6-10(12)11-3-1-2-4-13(11)18/h1-7,17-18H,8H2,(H,16,19). The summed E-state index contributed by atoms with van der Waals surface area (Å²) in [5.74, 6) is -0.460. The van der Waals surface area contributed by atoms with Crippen molar-refractivity contribution in [1.29, 1.82) is 0 Å². The molecule has 19 heavy (non-hydrogen) atoms. The van der Waals surface area contributed by atoms with Gasteiger partial charge in [-0.1, -0.05) is 18.2 Å². The number of phenolic OH excluding ortho intramolecular Hbond substituents is 2. The highest BCUT2D eigenvalue weighted by Gasteiger charge is 2.11. The second kappa shape index (κ2) is 5.63. The Morgan fingerprint density at radius 2 is 1.84 bits per heavy atom. The topological polar surface area (TPSA) is 69.6 Å². The van der Waals surface area contributed by atoms with Crippen LogP contribution in [-0.2, 0) is 4.79 Å². The van der Waals surface area contributed by atoms with Gasteiger partial charge in [0, 0.05) is 17.2 Å². The summed E-state index contributed by atoms with van der Waals surface area (Å²) in [7, 11) is 0. The molecule has 0 aromatic heterocycles. The van der Waals surface area contributed by atoms with E-state index in [1.807, 2.05) is 0 Å². The Kier molecular flexibility index (Phi) is 3.92. The first kappa shape index (κ1) is 13.2. The highest BCUT2D eigenvalue weighted by molar-refractivity contribution is 6.29. The summed E-state index contributed by atoms with van der Waals surface area (Å²) in [4.78, 5) is 11.4. The molecule has 0 atom stereocenters. The number of alkyl halides is 1. The van der Waals surface area contributed by atoms with Crippen LogP contribution in [0.3, 0.4) is 0 Å². The van der Waals surface area contributed by atoms with E-state index in [1.54, 1.807) is 30.3 Å². The monoisotopic (exact) mass is 277 g/mol. The van der Waals surface area contributed by atoms with Gasteiger partial charge in [0.2, 0.25) is 5.91 Å². The average molecular weight is 278 g/mol. The lowest BCUT2D eigenvalue weighted by atomic mass is 10.0. The van der Waals surface area contributed by atoms with Gasteiger partial charge in [0.15, 0.2) is 0 Å². The van der Waals surface area contributed by atoms with Gasteiger partial charge in [0.05, 0.1) is 5.69 Å². The zero-order chi connectivity index (χ0) is 13.8. The van der Waals surface area contributed by atoms with E-state index in [-0.39, 0.29) is 23.3 Å². The lowest BCUT2D eigenvalue weighted by Gasteiger charge is -2.12. The molecule has 0 fully saturated rings. The Morgan fingerprint density at radius 1 is 1.11 bits per heavy atom. The lowest BCUT2D eigenvalue weighted by molar-refractivity contribution is -0.113. The summed E-state index contributed by atoms with van der Waals surface area (Å²) in [5, 5.41) is 21.9. The third-order valence-electron chi connectivity index (χ3n) is 2.59. The molecule has 0 saturated carbocycles. The first-order valence-electron chi connectivity index (χ1n) is 5.59. The zero-order valence-corrected chi connectivity index (χ0v) is 10.7. The molecule has 5 heteroatoms. The van der Waals surface area contributed by atoms with Crippen LogP contribution in [0.25, 0.3) is 11.1 Å². The van der Waals surface area contributed by atoms with Crippen molar-refractivity contribution in [2.24, 2.45) is 0 Å². The second-order valence-electron chi connectivity index (χ2n) is 3.93. The zero-order valence-electron chi connectivity index (χ0n) is 9.93. The molecular weight excluding hydrogens is 266 g/mol. The first-order chi connectivity index (χ1) is 9.11. The third-order valence-corrected chi connectivity index (χ3v) is 2.84. The number of benzene rings is 2. The molecule has 3 N–H and O–H groups in total. The number of rotatable bonds is 3. The van der Waals surface area contributed by atoms with Gasteiger partial charge in [-0.15, -0.1) is 11.6 Å². The molecule has 0 aliphatic carbocycles. The Balaban J connectivity index is 2.51. The van der Waals surface area contributed by atoms with Crippen LogP contribution in [0.1, 0.15) is 0 Å². The quantitative estimate of drug-likeness (QED) is 0.756. The van der Waals surface area contributed by atoms with Crippen molar-refractivity contribution >= 4 is 23.2 Å². The van der Waals surface area contributed by atoms with Crippen molar-refractivity contribution < 1.29 is 15.0 Å². The van der Waals surface area contributed by atoms with Gasteiger partial charge in [0.1, 0.15) is 17.4 Å². The van der Waals surface area contributed by atoms with Gasteiger partial charge in [-0.25, -0.2) is 0 Å². The molecule has 98 valence electrons. The number of amides is 1. The maximum Gasteiger partial charge on any atom is 0.239 e. The Bertz CT molecular complexity index is 613. The lowest BCUT2D eigenvalue weighted by Crippen LogP contribution is -2.13. The fraction of sp³-hybridized carbons (Fsp3) is 0.0714. The number of para-hydroxylation sites is 1. The molecular formula is C14H12ClNO3. The Hall–Kier alpha value is -2.20. The third kappa shape index (κ3) is 2.98. The van der Waals surface area contributed by atoms with Crippen LogP contribution in [0.4, 0.5) is 5.69 Å². The van der Waals surface area contributed by atoms with Crippen LogP contribution < -0.4 is 5.32 Å². The number of aromatic hydroxyl groups is 2. The second-order valence-corrected chi connectivity index (χ2v) is 4.20. The van der Waals surface area contributed by atoms with Crippen molar-refractivity contribution in [2.75, 3.05) is 11.2 Å². The van der Waals surface area contributed by atoms with Crippen LogP contribution in [0.15, 0.2) is 42.5 Å². The number of nitrogens with one attached hydrogen (secondary N) is 1. The fourth-order valence-electron chi connectivity index (χ4n) is 1.76. The van der Waals surface area contributed by atoms with Crippen LogP contribution in [0.5, 0.6) is 11.5 Å². The number of halogens is 1. The molecule has 0 saturated heterocycles. The SMILES string of the molecule is O=C(CCl)Nc1cc(O)ccc1-c1ccccc1O. The molecule has 2 aromatic carbocycles. The highest BCUT2D eigenvalue weighted by Crippen LogP contribution is 2.36. The van der Waals surface area contributed by atoms with Gasteiger partial charge < -0.3 is 15.5 Å². The molecule has 4 nitrogen and oxygen atoms in total. The molecule has 0 aliphatic rings. The van der Waals surface area contributed by atoms with E-state index in [4.69, 9.17) is 11.6 Å². The van der Waals surface area contributed by atoms with Crippen LogP contribution >= 0.6 is 11.6 Å². The van der Waals surface area contributed by atoms with Crippen molar-refractivity contribution in [3.63, 3.8) is 0 Å². The van der Waals surface area contributed by atoms with Gasteiger partial charge in [-0.05, 0) is 18.2 Å². The van der Waals surface area contributed by atoms with Crippen molar-refractivity contribution in [1.82, 2.24) is 0 Å². The van der Waals surface area contributed by atoms with Crippen molar-refractivity contribution in [3.8, 4) is 22.6 Å². The molecule has 2 aromatic rings. The highest BCUT2D eigenvalue weighted by atomic mass is 35.5. The van der Waals surface area contributed by atoms with Gasteiger partial charge >= 0.3 is 0 Å². The van der Waals surface area contributed by atoms with E-state index in [0.29, 0.717) is 16.8 Å². The Labute approximate surface area is 115 Å². The average Bonchev–Trinajstić information content (AvgIpc) is 2.40. The summed E-state index contributed by atoms with van der Waals surface area (Å²) in [6, 6.07) is 11.3. The van der Waals surface area contributed by atoms with E-state index < -0.39 is 0 Å². The van der Waals surface area contributed by atoms with Gasteiger partial charge in [0.25, 0.3) is 0 Å². The molecule has 1 amide bonds. The smallest absolute Gasteiger partial charge is 0.239 e. The predicted octanol–water partition coefficient (Wildman–Crippen LogP) is 2.94. The molecule has 0 aliphatic heterocycles. The van der Waals surface area contributed by atoms with Crippen LogP contribution in [-0.4, -0.2) is 22.0 Å². The first-order valence-corrected chi connectivity index (χ1v) is 6.12. The molecule has 0 heterocycles. The van der Waals surface area contributed by atoms with E-state index in [1.165, 1.54) is 12.1 Å². The van der Waals surface area contributed by atoms with E-state index >= 15 is 0 Å². The number of hydrogen-bond acceptors (Lipinski definition) is 3. The fourth-order valence-corrected chi connectivity index (χ4v) is 1.82. The number of carbonyl (C=O) groups is 1.